The Balaban J connectivity index is 2.79. The second kappa shape index (κ2) is 2.41. The molecule has 1 radical (unpaired) electrons. The van der Waals surface area contributed by atoms with E-state index in [2.05, 4.69) is 0 Å². The van der Waals surface area contributed by atoms with Gasteiger partial charge < -0.3 is 5.11 Å². The third kappa shape index (κ3) is 1.07. The molecule has 0 unspecified atom stereocenters. The van der Waals surface area contributed by atoms with Crippen LogP contribution < -0.4 is 0 Å². The van der Waals surface area contributed by atoms with Crippen molar-refractivity contribution >= 4 is 10.8 Å². The summed E-state index contributed by atoms with van der Waals surface area (Å²) in [6.45, 7) is 0. The Labute approximate surface area is 69.7 Å². The lowest BCUT2D eigenvalue weighted by Gasteiger charge is -1.97. The van der Waals surface area contributed by atoms with Crippen molar-refractivity contribution in [1.29, 1.82) is 0 Å². The van der Waals surface area contributed by atoms with Crippen molar-refractivity contribution in [3.63, 3.8) is 0 Å². The Bertz CT molecular complexity index is 380. The molecule has 2 rings (SSSR count). The van der Waals surface area contributed by atoms with E-state index in [0.29, 0.717) is 0 Å². The summed E-state index contributed by atoms with van der Waals surface area (Å²) in [7, 11) is 0. The molecule has 2 aromatic carbocycles. The molecule has 0 fully saturated rings. The maximum absolute atomic E-state index is 10.9. The number of hydrogen-bond donors (Lipinski definition) is 1. The maximum Gasteiger partial charge on any atom is 0.179 e. The van der Waals surface area contributed by atoms with Gasteiger partial charge in [0.15, 0.2) is 5.75 Å². The van der Waals surface area contributed by atoms with E-state index in [1.807, 2.05) is 0 Å². The van der Waals surface area contributed by atoms with Crippen LogP contribution in [-0.2, 0) is 5.11 Å². The predicted octanol–water partition coefficient (Wildman–Crippen LogP) is 2.69. The van der Waals surface area contributed by atoms with Gasteiger partial charge in [-0.15, -0.1) is 0 Å². The molecule has 0 amide bonds. The van der Waals surface area contributed by atoms with Crippen molar-refractivity contribution in [2.45, 2.75) is 0 Å². The number of hydrogen-bond acceptors (Lipinski definition) is 1. The Morgan fingerprint density at radius 2 is 1.58 bits per heavy atom. The van der Waals surface area contributed by atoms with E-state index in [4.69, 9.17) is 5.11 Å². The van der Waals surface area contributed by atoms with E-state index in [0.717, 1.165) is 10.8 Å². The van der Waals surface area contributed by atoms with Crippen molar-refractivity contribution < 1.29 is 10.2 Å². The third-order valence-electron chi connectivity index (χ3n) is 1.80. The molecule has 2 aromatic rings. The van der Waals surface area contributed by atoms with Crippen LogP contribution in [0.1, 0.15) is 0 Å². The second-order valence-electron chi connectivity index (χ2n) is 2.69. The lowest BCUT2D eigenvalue weighted by molar-refractivity contribution is 0.355. The molecule has 2 heteroatoms. The molecule has 2 nitrogen and oxygen atoms in total. The zero-order valence-corrected chi connectivity index (χ0v) is 6.32. The zero-order chi connectivity index (χ0) is 8.55. The molecule has 0 saturated heterocycles. The van der Waals surface area contributed by atoms with Gasteiger partial charge in [-0.2, -0.15) is 0 Å². The topological polar surface area (TPSA) is 40.1 Å². The number of fused-ring (bicyclic) bond motifs is 1. The minimum absolute atomic E-state index is 0.00631. The van der Waals surface area contributed by atoms with E-state index >= 15 is 0 Å². The van der Waals surface area contributed by atoms with Crippen LogP contribution >= 0.6 is 0 Å². The van der Waals surface area contributed by atoms with Crippen molar-refractivity contribution in [3.8, 4) is 11.5 Å². The first-order valence-corrected chi connectivity index (χ1v) is 3.65. The predicted molar refractivity (Wildman–Crippen MR) is 45.7 cm³/mol. The minimum atomic E-state index is -0.00631. The fourth-order valence-corrected chi connectivity index (χ4v) is 1.21. The summed E-state index contributed by atoms with van der Waals surface area (Å²) in [6, 6.07) is 9.68. The highest BCUT2D eigenvalue weighted by Gasteiger charge is 1.96. The highest BCUT2D eigenvalue weighted by atomic mass is 16.3. The molecule has 0 atom stereocenters. The molecule has 0 spiro atoms. The quantitative estimate of drug-likeness (QED) is 0.630. The minimum Gasteiger partial charge on any atom is -0.508 e. The molecular formula is C10H7O2. The third-order valence-corrected chi connectivity index (χ3v) is 1.80. The van der Waals surface area contributed by atoms with E-state index in [9.17, 15) is 5.11 Å². The Kier molecular flexibility index (Phi) is 1.40. The Hall–Kier alpha value is -1.70. The van der Waals surface area contributed by atoms with Crippen molar-refractivity contribution in [3.05, 3.63) is 36.4 Å². The van der Waals surface area contributed by atoms with Crippen LogP contribution in [0.25, 0.3) is 10.8 Å². The summed E-state index contributed by atoms with van der Waals surface area (Å²) >= 11 is 0. The van der Waals surface area contributed by atoms with E-state index in [1.54, 1.807) is 30.3 Å². The van der Waals surface area contributed by atoms with Crippen LogP contribution in [0.2, 0.25) is 0 Å². The Morgan fingerprint density at radius 1 is 0.917 bits per heavy atom. The van der Waals surface area contributed by atoms with Gasteiger partial charge in [0.1, 0.15) is 5.75 Å². The van der Waals surface area contributed by atoms with Crippen molar-refractivity contribution in [1.82, 2.24) is 0 Å². The molecule has 0 aliphatic rings. The smallest absolute Gasteiger partial charge is 0.179 e. The van der Waals surface area contributed by atoms with Gasteiger partial charge in [0.05, 0.1) is 0 Å². The van der Waals surface area contributed by atoms with E-state index in [-0.39, 0.29) is 11.5 Å². The molecule has 0 heterocycles. The number of phenolic OH excluding ortho intramolecular Hbond substituents is 1. The van der Waals surface area contributed by atoms with E-state index in [1.165, 1.54) is 6.07 Å². The van der Waals surface area contributed by atoms with Crippen LogP contribution in [0.15, 0.2) is 36.4 Å². The molecule has 0 aliphatic carbocycles. The average Bonchev–Trinajstić information content (AvgIpc) is 2.05. The number of aromatic hydroxyl groups is 1. The Morgan fingerprint density at radius 3 is 2.42 bits per heavy atom. The fraction of sp³-hybridized carbons (Fsp3) is 0. The van der Waals surface area contributed by atoms with Gasteiger partial charge in [0.2, 0.25) is 0 Å². The molecule has 0 bridgehead atoms. The van der Waals surface area contributed by atoms with Gasteiger partial charge in [-0.3, -0.25) is 5.11 Å². The summed E-state index contributed by atoms with van der Waals surface area (Å²) in [6.07, 6.45) is 0. The standard InChI is InChI=1S/C10H7O2/c11-9-3-1-7-5-10(12)4-2-8(7)6-9/h1-6,11H. The second-order valence-corrected chi connectivity index (χ2v) is 2.69. The van der Waals surface area contributed by atoms with Gasteiger partial charge in [0.25, 0.3) is 0 Å². The molecule has 1 N–H and O–H groups in total. The maximum atomic E-state index is 10.9. The molecule has 0 saturated carbocycles. The molecule has 0 aromatic heterocycles. The lowest BCUT2D eigenvalue weighted by Crippen LogP contribution is -1.71. The number of phenols is 1. The van der Waals surface area contributed by atoms with Crippen LogP contribution in [0, 0.1) is 0 Å². The largest absolute Gasteiger partial charge is 0.508 e. The van der Waals surface area contributed by atoms with Crippen LogP contribution in [0.3, 0.4) is 0 Å². The van der Waals surface area contributed by atoms with Crippen LogP contribution in [0.4, 0.5) is 0 Å². The first-order chi connectivity index (χ1) is 5.75. The summed E-state index contributed by atoms with van der Waals surface area (Å²) in [5.74, 6) is 0.217. The molecule has 59 valence electrons. The fourth-order valence-electron chi connectivity index (χ4n) is 1.21. The van der Waals surface area contributed by atoms with Gasteiger partial charge in [-0.05, 0) is 35.0 Å². The highest BCUT2D eigenvalue weighted by molar-refractivity contribution is 5.84. The normalized spacial score (nSPS) is 10.3. The van der Waals surface area contributed by atoms with Gasteiger partial charge in [0, 0.05) is 0 Å². The van der Waals surface area contributed by atoms with Crippen LogP contribution in [0.5, 0.6) is 11.5 Å². The first kappa shape index (κ1) is 6.98. The van der Waals surface area contributed by atoms with Crippen LogP contribution in [-0.4, -0.2) is 5.11 Å². The summed E-state index contributed by atoms with van der Waals surface area (Å²) < 4.78 is 0. The zero-order valence-electron chi connectivity index (χ0n) is 6.32. The lowest BCUT2D eigenvalue weighted by atomic mass is 10.1. The number of rotatable bonds is 0. The SMILES string of the molecule is [O]c1ccc2cc(O)ccc2c1. The van der Waals surface area contributed by atoms with Gasteiger partial charge in [-0.25, -0.2) is 0 Å². The summed E-state index contributed by atoms with van der Waals surface area (Å²) in [5.41, 5.74) is 0. The first-order valence-electron chi connectivity index (χ1n) is 3.65. The average molecular weight is 159 g/mol. The summed E-state index contributed by atoms with van der Waals surface area (Å²) in [4.78, 5) is 0. The number of benzene rings is 2. The van der Waals surface area contributed by atoms with Crippen molar-refractivity contribution in [2.75, 3.05) is 0 Å². The van der Waals surface area contributed by atoms with Crippen molar-refractivity contribution in [2.24, 2.45) is 0 Å². The van der Waals surface area contributed by atoms with Gasteiger partial charge in [-0.1, -0.05) is 12.1 Å². The monoisotopic (exact) mass is 159 g/mol. The summed E-state index contributed by atoms with van der Waals surface area (Å²) in [5, 5.41) is 21.8. The van der Waals surface area contributed by atoms with E-state index < -0.39 is 0 Å². The molecular weight excluding hydrogens is 152 g/mol. The molecule has 12 heavy (non-hydrogen) atoms. The van der Waals surface area contributed by atoms with Gasteiger partial charge >= 0.3 is 0 Å². The molecule has 0 aliphatic heterocycles. The highest BCUT2D eigenvalue weighted by Crippen LogP contribution is 2.23.